The van der Waals surface area contributed by atoms with E-state index in [1.807, 2.05) is 30.3 Å². The zero-order chi connectivity index (χ0) is 31.8. The van der Waals surface area contributed by atoms with Crippen LogP contribution < -0.4 is 26.0 Å². The highest BCUT2D eigenvalue weighted by atomic mass is 16.5. The van der Waals surface area contributed by atoms with E-state index in [9.17, 15) is 24.3 Å². The van der Waals surface area contributed by atoms with Gasteiger partial charge in [0.1, 0.15) is 5.75 Å². The Kier molecular flexibility index (Phi) is 9.74. The van der Waals surface area contributed by atoms with Crippen molar-refractivity contribution >= 4 is 40.8 Å². The number of hydrogen-bond acceptors (Lipinski definition) is 6. The number of carbonyl (C=O) groups excluding carboxylic acids is 3. The molecule has 0 spiro atoms. The number of fused-ring (bicyclic) bond motifs is 1. The molecule has 5 rings (SSSR count). The highest BCUT2D eigenvalue weighted by Gasteiger charge is 2.28. The van der Waals surface area contributed by atoms with Crippen molar-refractivity contribution in [2.24, 2.45) is 0 Å². The van der Waals surface area contributed by atoms with E-state index in [0.717, 1.165) is 11.3 Å². The standard InChI is InChI=1S/C35H34N4O6/c1-45-31-18-22(14-15-30(31)39-35(44)27-21-36-29-13-6-5-12-26(27)29)19-32(40)37-25-11-7-10-24(20-25)28(16-17-33(41)42)38-34(43)23-8-3-2-4-9-23/h2-15,18,20,27-28,36H,16-17,19,21H2,1H3,(H,37,40)(H,38,43)(H,39,44)(H,41,42). The largest absolute Gasteiger partial charge is 0.495 e. The molecule has 1 aliphatic heterocycles. The number of carbonyl (C=O) groups is 4. The van der Waals surface area contributed by atoms with Crippen molar-refractivity contribution in [3.05, 3.63) is 119 Å². The number of aliphatic carboxylic acids is 1. The fourth-order valence-corrected chi connectivity index (χ4v) is 5.33. The molecule has 10 heteroatoms. The summed E-state index contributed by atoms with van der Waals surface area (Å²) in [6.07, 6.45) is 0.0825. The van der Waals surface area contributed by atoms with Gasteiger partial charge in [0.05, 0.1) is 31.2 Å². The summed E-state index contributed by atoms with van der Waals surface area (Å²) >= 11 is 0. The van der Waals surface area contributed by atoms with Crippen LogP contribution in [0.1, 0.15) is 51.8 Å². The molecule has 2 atom stereocenters. The van der Waals surface area contributed by atoms with Gasteiger partial charge in [0.25, 0.3) is 5.91 Å². The molecule has 230 valence electrons. The summed E-state index contributed by atoms with van der Waals surface area (Å²) in [4.78, 5) is 50.2. The summed E-state index contributed by atoms with van der Waals surface area (Å²) in [6.45, 7) is 0.507. The molecule has 4 aromatic rings. The van der Waals surface area contributed by atoms with Crippen molar-refractivity contribution in [1.82, 2.24) is 5.32 Å². The second-order valence-electron chi connectivity index (χ2n) is 10.7. The van der Waals surface area contributed by atoms with E-state index in [4.69, 9.17) is 4.74 Å². The van der Waals surface area contributed by atoms with E-state index >= 15 is 0 Å². The second kappa shape index (κ2) is 14.2. The minimum Gasteiger partial charge on any atom is -0.495 e. The normalized spacial score (nSPS) is 13.9. The molecule has 0 saturated heterocycles. The number of carboxylic acid groups (broad SMARTS) is 1. The maximum atomic E-state index is 13.1. The van der Waals surface area contributed by atoms with Crippen molar-refractivity contribution in [3.8, 4) is 5.75 Å². The first-order valence-electron chi connectivity index (χ1n) is 14.6. The number of amides is 3. The molecule has 0 aliphatic carbocycles. The maximum Gasteiger partial charge on any atom is 0.303 e. The highest BCUT2D eigenvalue weighted by molar-refractivity contribution is 5.99. The van der Waals surface area contributed by atoms with Crippen LogP contribution in [0.3, 0.4) is 0 Å². The van der Waals surface area contributed by atoms with Crippen molar-refractivity contribution in [1.29, 1.82) is 0 Å². The van der Waals surface area contributed by atoms with Crippen LogP contribution in [0.4, 0.5) is 17.1 Å². The molecule has 4 aromatic carbocycles. The van der Waals surface area contributed by atoms with Gasteiger partial charge in [-0.3, -0.25) is 19.2 Å². The molecule has 1 heterocycles. The third-order valence-corrected chi connectivity index (χ3v) is 7.60. The molecule has 0 bridgehead atoms. The highest BCUT2D eigenvalue weighted by Crippen LogP contribution is 2.33. The van der Waals surface area contributed by atoms with Crippen LogP contribution in [-0.2, 0) is 20.8 Å². The quantitative estimate of drug-likeness (QED) is 0.146. The smallest absolute Gasteiger partial charge is 0.303 e. The van der Waals surface area contributed by atoms with Crippen LogP contribution in [0.15, 0.2) is 97.1 Å². The average molecular weight is 607 g/mol. The lowest BCUT2D eigenvalue weighted by atomic mass is 10.00. The van der Waals surface area contributed by atoms with Crippen LogP contribution in [-0.4, -0.2) is 42.5 Å². The van der Waals surface area contributed by atoms with Crippen LogP contribution in [0.25, 0.3) is 0 Å². The fourth-order valence-electron chi connectivity index (χ4n) is 5.33. The molecular formula is C35H34N4O6. The number of anilines is 3. The summed E-state index contributed by atoms with van der Waals surface area (Å²) in [6, 6.07) is 28.0. The maximum absolute atomic E-state index is 13.1. The summed E-state index contributed by atoms with van der Waals surface area (Å²) in [5, 5.41) is 21.3. The van der Waals surface area contributed by atoms with Gasteiger partial charge in [-0.05, 0) is 65.6 Å². The van der Waals surface area contributed by atoms with Crippen LogP contribution in [0.2, 0.25) is 0 Å². The van der Waals surface area contributed by atoms with Crippen LogP contribution >= 0.6 is 0 Å². The number of methoxy groups -OCH3 is 1. The Morgan fingerprint density at radius 3 is 2.47 bits per heavy atom. The Morgan fingerprint density at radius 1 is 0.911 bits per heavy atom. The number of rotatable bonds is 12. The van der Waals surface area contributed by atoms with E-state index in [2.05, 4.69) is 21.3 Å². The lowest BCUT2D eigenvalue weighted by molar-refractivity contribution is -0.137. The van der Waals surface area contributed by atoms with Gasteiger partial charge >= 0.3 is 5.97 Å². The van der Waals surface area contributed by atoms with E-state index < -0.39 is 12.0 Å². The second-order valence-corrected chi connectivity index (χ2v) is 10.7. The number of para-hydroxylation sites is 1. The third-order valence-electron chi connectivity index (χ3n) is 7.60. The van der Waals surface area contributed by atoms with Gasteiger partial charge in [-0.15, -0.1) is 0 Å². The molecule has 1 aliphatic rings. The number of carboxylic acids is 1. The molecule has 10 nitrogen and oxygen atoms in total. The molecule has 0 saturated carbocycles. The van der Waals surface area contributed by atoms with Crippen molar-refractivity contribution in [2.45, 2.75) is 31.2 Å². The third kappa shape index (κ3) is 7.85. The van der Waals surface area contributed by atoms with Gasteiger partial charge in [0.15, 0.2) is 0 Å². The molecule has 45 heavy (non-hydrogen) atoms. The monoisotopic (exact) mass is 606 g/mol. The summed E-state index contributed by atoms with van der Waals surface area (Å²) < 4.78 is 5.53. The van der Waals surface area contributed by atoms with Crippen molar-refractivity contribution in [3.63, 3.8) is 0 Å². The summed E-state index contributed by atoms with van der Waals surface area (Å²) in [7, 11) is 1.50. The van der Waals surface area contributed by atoms with Gasteiger partial charge in [-0.2, -0.15) is 0 Å². The summed E-state index contributed by atoms with van der Waals surface area (Å²) in [5.74, 6) is -1.63. The number of ether oxygens (including phenoxy) is 1. The SMILES string of the molecule is COc1cc(CC(=O)Nc2cccc(C(CCC(=O)O)NC(=O)c3ccccc3)c2)ccc1NC(=O)C1CNc2ccccc21. The Hall–Kier alpha value is -5.64. The van der Waals surface area contributed by atoms with Crippen molar-refractivity contribution < 1.29 is 29.0 Å². The van der Waals surface area contributed by atoms with Gasteiger partial charge in [0, 0.05) is 29.9 Å². The first-order chi connectivity index (χ1) is 21.8. The first kappa shape index (κ1) is 30.8. The number of benzene rings is 4. The van der Waals surface area contributed by atoms with E-state index in [1.165, 1.54) is 7.11 Å². The molecule has 3 amide bonds. The number of nitrogens with one attached hydrogen (secondary N) is 4. The molecule has 2 unspecified atom stereocenters. The topological polar surface area (TPSA) is 146 Å². The molecular weight excluding hydrogens is 572 g/mol. The van der Waals surface area contributed by atoms with Crippen molar-refractivity contribution in [2.75, 3.05) is 29.6 Å². The molecule has 0 radical (unpaired) electrons. The zero-order valence-electron chi connectivity index (χ0n) is 24.7. The Balaban J connectivity index is 1.23. The average Bonchev–Trinajstić information content (AvgIpc) is 3.48. The molecule has 0 aromatic heterocycles. The van der Waals surface area contributed by atoms with E-state index in [0.29, 0.717) is 40.4 Å². The van der Waals surface area contributed by atoms with Gasteiger partial charge < -0.3 is 31.1 Å². The predicted octanol–water partition coefficient (Wildman–Crippen LogP) is 5.36. The van der Waals surface area contributed by atoms with Gasteiger partial charge in [-0.25, -0.2) is 0 Å². The van der Waals surface area contributed by atoms with Crippen LogP contribution in [0, 0.1) is 0 Å². The minimum absolute atomic E-state index is 0.0436. The van der Waals surface area contributed by atoms with Gasteiger partial charge in [0.2, 0.25) is 11.8 Å². The molecule has 0 fully saturated rings. The molecule has 5 N–H and O–H groups in total. The minimum atomic E-state index is -0.972. The fraction of sp³-hybridized carbons (Fsp3) is 0.200. The van der Waals surface area contributed by atoms with E-state index in [1.54, 1.807) is 66.7 Å². The van der Waals surface area contributed by atoms with Gasteiger partial charge in [-0.1, -0.05) is 54.6 Å². The predicted molar refractivity (Wildman–Crippen MR) is 172 cm³/mol. The van der Waals surface area contributed by atoms with E-state index in [-0.39, 0.29) is 42.9 Å². The lowest BCUT2D eigenvalue weighted by Crippen LogP contribution is -2.29. The zero-order valence-corrected chi connectivity index (χ0v) is 24.7. The first-order valence-corrected chi connectivity index (χ1v) is 14.6. The Morgan fingerprint density at radius 2 is 1.69 bits per heavy atom. The van der Waals surface area contributed by atoms with Crippen LogP contribution in [0.5, 0.6) is 5.75 Å². The number of hydrogen-bond donors (Lipinski definition) is 5. The Labute approximate surface area is 260 Å². The Bertz CT molecular complexity index is 1710. The lowest BCUT2D eigenvalue weighted by Gasteiger charge is -2.20. The summed E-state index contributed by atoms with van der Waals surface area (Å²) in [5.41, 5.74) is 4.72.